The molecule has 2 fully saturated rings. The Kier molecular flexibility index (Phi) is 4.60. The number of halogens is 2. The molecule has 10 heteroatoms. The number of ether oxygens (including phenoxy) is 1. The summed E-state index contributed by atoms with van der Waals surface area (Å²) in [5, 5.41) is 7.17. The van der Waals surface area contributed by atoms with Gasteiger partial charge >= 0.3 is 0 Å². The van der Waals surface area contributed by atoms with Crippen LogP contribution in [0.15, 0.2) is 23.0 Å². The van der Waals surface area contributed by atoms with Crippen molar-refractivity contribution in [3.63, 3.8) is 0 Å². The van der Waals surface area contributed by atoms with Crippen molar-refractivity contribution in [3.05, 3.63) is 40.2 Å². The van der Waals surface area contributed by atoms with Crippen molar-refractivity contribution >= 4 is 17.0 Å². The number of nitrogens with zero attached hydrogens (tertiary/aromatic N) is 4. The van der Waals surface area contributed by atoms with Crippen molar-refractivity contribution in [2.24, 2.45) is 18.2 Å². The quantitative estimate of drug-likeness (QED) is 0.644. The van der Waals surface area contributed by atoms with Gasteiger partial charge in [0.1, 0.15) is 11.1 Å². The number of piperidine rings is 1. The van der Waals surface area contributed by atoms with Crippen molar-refractivity contribution in [3.8, 4) is 11.3 Å². The van der Waals surface area contributed by atoms with E-state index in [1.165, 1.54) is 10.6 Å². The van der Waals surface area contributed by atoms with E-state index in [-0.39, 0.29) is 34.2 Å². The number of hydrogen-bond donors (Lipinski definition) is 2. The number of anilines is 1. The van der Waals surface area contributed by atoms with Gasteiger partial charge in [0.05, 0.1) is 12.7 Å². The molecule has 8 nitrogen and oxygen atoms in total. The second-order valence-corrected chi connectivity index (χ2v) is 8.59. The Balaban J connectivity index is 1.49. The summed E-state index contributed by atoms with van der Waals surface area (Å²) < 4.78 is 34.3. The molecule has 0 bridgehead atoms. The number of aromatic amines is 1. The molecule has 2 atom stereocenters. The number of rotatable bonds is 2. The van der Waals surface area contributed by atoms with Gasteiger partial charge in [0.25, 0.3) is 5.56 Å². The largest absolute Gasteiger partial charge is 0.376 e. The molecule has 3 aromatic rings. The molecular formula is C21H24F2N6O2. The van der Waals surface area contributed by atoms with Crippen molar-refractivity contribution in [1.29, 1.82) is 0 Å². The van der Waals surface area contributed by atoms with Crippen LogP contribution in [-0.2, 0) is 11.8 Å². The lowest BCUT2D eigenvalue weighted by Crippen LogP contribution is -2.51. The van der Waals surface area contributed by atoms with Crippen LogP contribution < -0.4 is 16.2 Å². The molecular weight excluding hydrogens is 406 g/mol. The first-order chi connectivity index (χ1) is 14.8. The Bertz CT molecular complexity index is 1210. The normalized spacial score (nSPS) is 23.2. The standard InChI is InChI=1S/C21H24F2N6O2/c1-11-17(24)21(10-31-11)5-7-29(8-6-21)20-25-18-15(19(30)28(20)2)16(26-27-18)12-3-4-13(22)14(23)9-12/h3-4,9,11,17H,5-8,10,24H2,1-2H3,(H,26,27)/t11-,17+/m0/s1. The number of aromatic nitrogens is 4. The van der Waals surface area contributed by atoms with Crippen LogP contribution in [0.5, 0.6) is 0 Å². The van der Waals surface area contributed by atoms with Gasteiger partial charge in [-0.25, -0.2) is 8.78 Å². The molecule has 1 spiro atoms. The maximum absolute atomic E-state index is 13.7. The predicted molar refractivity (Wildman–Crippen MR) is 112 cm³/mol. The lowest BCUT2D eigenvalue weighted by atomic mass is 9.73. The molecule has 1 aromatic carbocycles. The second-order valence-electron chi connectivity index (χ2n) is 8.59. The van der Waals surface area contributed by atoms with Gasteiger partial charge in [-0.05, 0) is 38.0 Å². The first-order valence-electron chi connectivity index (χ1n) is 10.3. The summed E-state index contributed by atoms with van der Waals surface area (Å²) in [6.45, 7) is 4.08. The zero-order chi connectivity index (χ0) is 21.9. The molecule has 5 rings (SSSR count). The Hall–Kier alpha value is -2.85. The fourth-order valence-electron chi connectivity index (χ4n) is 4.81. The summed E-state index contributed by atoms with van der Waals surface area (Å²) in [4.78, 5) is 19.9. The minimum atomic E-state index is -0.999. The second kappa shape index (κ2) is 7.10. The molecule has 0 unspecified atom stereocenters. The minimum Gasteiger partial charge on any atom is -0.376 e. The van der Waals surface area contributed by atoms with Crippen molar-refractivity contribution < 1.29 is 13.5 Å². The molecule has 2 saturated heterocycles. The van der Waals surface area contributed by atoms with Crippen LogP contribution >= 0.6 is 0 Å². The third-order valence-corrected chi connectivity index (χ3v) is 6.86. The minimum absolute atomic E-state index is 0.000165. The number of fused-ring (bicyclic) bond motifs is 1. The summed E-state index contributed by atoms with van der Waals surface area (Å²) in [5.41, 5.74) is 6.93. The zero-order valence-electron chi connectivity index (χ0n) is 17.4. The summed E-state index contributed by atoms with van der Waals surface area (Å²) in [7, 11) is 1.66. The van der Waals surface area contributed by atoms with Crippen LogP contribution in [-0.4, -0.2) is 51.6 Å². The van der Waals surface area contributed by atoms with E-state index < -0.39 is 11.6 Å². The molecule has 3 N–H and O–H groups in total. The summed E-state index contributed by atoms with van der Waals surface area (Å²) in [5.74, 6) is -1.42. The van der Waals surface area contributed by atoms with Crippen molar-refractivity contribution in [1.82, 2.24) is 19.7 Å². The number of benzene rings is 1. The van der Waals surface area contributed by atoms with Gasteiger partial charge in [-0.15, -0.1) is 0 Å². The van der Waals surface area contributed by atoms with Crippen molar-refractivity contribution in [2.45, 2.75) is 31.9 Å². The van der Waals surface area contributed by atoms with E-state index in [1.807, 2.05) is 6.92 Å². The van der Waals surface area contributed by atoms with Gasteiger partial charge in [-0.3, -0.25) is 14.5 Å². The first-order valence-corrected chi connectivity index (χ1v) is 10.3. The van der Waals surface area contributed by atoms with Crippen LogP contribution in [0.4, 0.5) is 14.7 Å². The summed E-state index contributed by atoms with van der Waals surface area (Å²) in [6.07, 6.45) is 1.76. The Labute approximate surface area is 177 Å². The van der Waals surface area contributed by atoms with Crippen LogP contribution in [0.2, 0.25) is 0 Å². The molecule has 4 heterocycles. The van der Waals surface area contributed by atoms with Gasteiger partial charge in [0.2, 0.25) is 5.95 Å². The molecule has 2 aromatic heterocycles. The average Bonchev–Trinajstić information content (AvgIpc) is 3.31. The summed E-state index contributed by atoms with van der Waals surface area (Å²) >= 11 is 0. The van der Waals surface area contributed by atoms with E-state index in [2.05, 4.69) is 20.1 Å². The van der Waals surface area contributed by atoms with E-state index in [0.717, 1.165) is 25.0 Å². The molecule has 0 saturated carbocycles. The number of nitrogens with one attached hydrogen (secondary N) is 1. The molecule has 31 heavy (non-hydrogen) atoms. The van der Waals surface area contributed by atoms with Gasteiger partial charge in [0.15, 0.2) is 17.3 Å². The fraction of sp³-hybridized carbons (Fsp3) is 0.476. The Morgan fingerprint density at radius 1 is 1.26 bits per heavy atom. The molecule has 164 valence electrons. The number of H-pyrrole nitrogens is 1. The lowest BCUT2D eigenvalue weighted by Gasteiger charge is -2.41. The third-order valence-electron chi connectivity index (χ3n) is 6.86. The third kappa shape index (κ3) is 3.04. The average molecular weight is 430 g/mol. The van der Waals surface area contributed by atoms with E-state index in [0.29, 0.717) is 36.9 Å². The SMILES string of the molecule is C[C@@H]1OCC2(CCN(c3nc4[nH]nc(-c5ccc(F)c(F)c5)c4c(=O)n3C)CC2)[C@@H]1N. The molecule has 2 aliphatic rings. The van der Waals surface area contributed by atoms with Crippen LogP contribution in [0, 0.1) is 17.0 Å². The smallest absolute Gasteiger partial charge is 0.266 e. The summed E-state index contributed by atoms with van der Waals surface area (Å²) in [6, 6.07) is 3.43. The van der Waals surface area contributed by atoms with Gasteiger partial charge in [-0.1, -0.05) is 0 Å². The van der Waals surface area contributed by atoms with E-state index >= 15 is 0 Å². The molecule has 0 radical (unpaired) electrons. The maximum Gasteiger partial charge on any atom is 0.266 e. The number of hydrogen-bond acceptors (Lipinski definition) is 6. The van der Waals surface area contributed by atoms with Crippen LogP contribution in [0.3, 0.4) is 0 Å². The highest BCUT2D eigenvalue weighted by Gasteiger charge is 2.47. The Morgan fingerprint density at radius 2 is 2.00 bits per heavy atom. The molecule has 2 aliphatic heterocycles. The maximum atomic E-state index is 13.7. The van der Waals surface area contributed by atoms with Crippen LogP contribution in [0.1, 0.15) is 19.8 Å². The monoisotopic (exact) mass is 430 g/mol. The van der Waals surface area contributed by atoms with Gasteiger partial charge in [0, 0.05) is 37.2 Å². The van der Waals surface area contributed by atoms with Crippen molar-refractivity contribution in [2.75, 3.05) is 24.6 Å². The zero-order valence-corrected chi connectivity index (χ0v) is 17.4. The molecule has 0 amide bonds. The predicted octanol–water partition coefficient (Wildman–Crippen LogP) is 1.93. The Morgan fingerprint density at radius 3 is 2.65 bits per heavy atom. The highest BCUT2D eigenvalue weighted by molar-refractivity contribution is 5.90. The van der Waals surface area contributed by atoms with E-state index in [1.54, 1.807) is 7.05 Å². The highest BCUT2D eigenvalue weighted by atomic mass is 19.2. The lowest BCUT2D eigenvalue weighted by molar-refractivity contribution is 0.0973. The fourth-order valence-corrected chi connectivity index (χ4v) is 4.81. The van der Waals surface area contributed by atoms with Gasteiger partial charge in [-0.2, -0.15) is 10.1 Å². The van der Waals surface area contributed by atoms with Gasteiger partial charge < -0.3 is 15.4 Å². The van der Waals surface area contributed by atoms with E-state index in [9.17, 15) is 13.6 Å². The number of nitrogens with two attached hydrogens (primary N) is 1. The van der Waals surface area contributed by atoms with Crippen LogP contribution in [0.25, 0.3) is 22.3 Å². The molecule has 0 aliphatic carbocycles. The topological polar surface area (TPSA) is 102 Å². The highest BCUT2D eigenvalue weighted by Crippen LogP contribution is 2.41. The first kappa shape index (κ1) is 20.1. The van der Waals surface area contributed by atoms with E-state index in [4.69, 9.17) is 10.5 Å².